The van der Waals surface area contributed by atoms with E-state index in [2.05, 4.69) is 13.5 Å². The number of unbranched alkanes of at least 4 members (excludes halogenated alkanes) is 2. The van der Waals surface area contributed by atoms with Crippen molar-refractivity contribution in [3.8, 4) is 0 Å². The van der Waals surface area contributed by atoms with Crippen molar-refractivity contribution in [1.82, 2.24) is 14.9 Å². The minimum Gasteiger partial charge on any atom is -0.447 e. The van der Waals surface area contributed by atoms with Gasteiger partial charge < -0.3 is 9.84 Å². The molecule has 24 heavy (non-hydrogen) atoms. The third-order valence-corrected chi connectivity index (χ3v) is 4.77. The number of carbonyl (C=O) groups is 2. The monoisotopic (exact) mass is 339 g/mol. The third-order valence-electron chi connectivity index (χ3n) is 4.77. The highest BCUT2D eigenvalue weighted by Gasteiger charge is 2.38. The van der Waals surface area contributed by atoms with Gasteiger partial charge in [-0.1, -0.05) is 32.3 Å². The molecule has 2 heterocycles. The fourth-order valence-electron chi connectivity index (χ4n) is 3.25. The van der Waals surface area contributed by atoms with E-state index in [1.807, 2.05) is 5.01 Å². The van der Waals surface area contributed by atoms with Crippen LogP contribution < -0.4 is 0 Å². The van der Waals surface area contributed by atoms with E-state index in [4.69, 9.17) is 4.74 Å². The van der Waals surface area contributed by atoms with Gasteiger partial charge in [-0.05, 0) is 19.3 Å². The molecular formula is C17H29N3O4. The lowest BCUT2D eigenvalue weighted by Crippen LogP contribution is -2.57. The number of imide groups is 1. The lowest BCUT2D eigenvalue weighted by Gasteiger charge is -2.43. The topological polar surface area (TPSA) is 73.3 Å². The van der Waals surface area contributed by atoms with Gasteiger partial charge in [0, 0.05) is 13.1 Å². The largest absolute Gasteiger partial charge is 0.447 e. The molecule has 0 saturated carbocycles. The normalized spacial score (nSPS) is 20.8. The zero-order chi connectivity index (χ0) is 17.6. The van der Waals surface area contributed by atoms with E-state index in [9.17, 15) is 14.7 Å². The van der Waals surface area contributed by atoms with Gasteiger partial charge in [0.05, 0.1) is 18.7 Å². The summed E-state index contributed by atoms with van der Waals surface area (Å²) in [7, 11) is 0. The second kappa shape index (κ2) is 8.48. The van der Waals surface area contributed by atoms with Crippen LogP contribution >= 0.6 is 0 Å². The summed E-state index contributed by atoms with van der Waals surface area (Å²) < 4.78 is 4.85. The van der Waals surface area contributed by atoms with Crippen LogP contribution in [0.4, 0.5) is 9.59 Å². The molecular weight excluding hydrogens is 310 g/mol. The van der Waals surface area contributed by atoms with Crippen LogP contribution in [0.1, 0.15) is 45.4 Å². The predicted octanol–water partition coefficient (Wildman–Crippen LogP) is 2.37. The molecule has 3 amide bonds. The van der Waals surface area contributed by atoms with Gasteiger partial charge in [0.1, 0.15) is 6.61 Å². The Morgan fingerprint density at radius 3 is 2.62 bits per heavy atom. The molecule has 0 aliphatic carbocycles. The number of urea groups is 1. The van der Waals surface area contributed by atoms with E-state index >= 15 is 0 Å². The van der Waals surface area contributed by atoms with E-state index in [0.717, 1.165) is 30.6 Å². The number of amides is 3. The molecule has 7 heteroatoms. The fourth-order valence-corrected chi connectivity index (χ4v) is 3.25. The van der Waals surface area contributed by atoms with Crippen LogP contribution in [-0.4, -0.2) is 70.5 Å². The molecule has 7 nitrogen and oxygen atoms in total. The SMILES string of the molecule is C=CCN(C(=O)N1CCOC1=O)N1CCC(O)(CCCCC)CC1. The number of piperidine rings is 1. The molecule has 0 bridgehead atoms. The Morgan fingerprint density at radius 2 is 2.08 bits per heavy atom. The molecule has 0 spiro atoms. The molecule has 2 aliphatic heterocycles. The molecule has 136 valence electrons. The summed E-state index contributed by atoms with van der Waals surface area (Å²) in [6.45, 7) is 7.87. The number of aliphatic hydroxyl groups is 1. The van der Waals surface area contributed by atoms with Crippen LogP contribution in [0.2, 0.25) is 0 Å². The molecule has 0 aromatic heterocycles. The zero-order valence-corrected chi connectivity index (χ0v) is 14.6. The van der Waals surface area contributed by atoms with Crippen molar-refractivity contribution in [3.05, 3.63) is 12.7 Å². The highest BCUT2D eigenvalue weighted by Crippen LogP contribution is 2.29. The van der Waals surface area contributed by atoms with Gasteiger partial charge in [0.2, 0.25) is 0 Å². The second-order valence-corrected chi connectivity index (χ2v) is 6.55. The standard InChI is InChI=1S/C17H29N3O4/c1-3-5-6-7-17(23)8-11-18(12-9-17)20(10-4-2)15(21)19-13-14-24-16(19)22/h4,23H,2-3,5-14H2,1H3. The summed E-state index contributed by atoms with van der Waals surface area (Å²) in [6.07, 6.45) is 6.40. The first kappa shape index (κ1) is 18.7. The molecule has 0 aromatic carbocycles. The van der Waals surface area contributed by atoms with E-state index in [1.54, 1.807) is 6.08 Å². The van der Waals surface area contributed by atoms with Gasteiger partial charge in [0.25, 0.3) is 0 Å². The van der Waals surface area contributed by atoms with Crippen molar-refractivity contribution in [2.45, 2.75) is 51.0 Å². The first-order valence-corrected chi connectivity index (χ1v) is 8.84. The number of cyclic esters (lactones) is 1. The van der Waals surface area contributed by atoms with Crippen LogP contribution in [0.15, 0.2) is 12.7 Å². The predicted molar refractivity (Wildman–Crippen MR) is 90.3 cm³/mol. The molecule has 0 radical (unpaired) electrons. The summed E-state index contributed by atoms with van der Waals surface area (Å²) in [5, 5.41) is 14.1. The number of rotatable bonds is 7. The lowest BCUT2D eigenvalue weighted by molar-refractivity contribution is -0.0828. The average molecular weight is 339 g/mol. The number of hydrazine groups is 1. The van der Waals surface area contributed by atoms with Gasteiger partial charge in [-0.3, -0.25) is 5.01 Å². The minimum absolute atomic E-state index is 0.240. The smallest absolute Gasteiger partial charge is 0.418 e. The van der Waals surface area contributed by atoms with Gasteiger partial charge in [-0.15, -0.1) is 6.58 Å². The Balaban J connectivity index is 1.94. The summed E-state index contributed by atoms with van der Waals surface area (Å²) in [5.74, 6) is 0. The quantitative estimate of drug-likeness (QED) is 0.569. The van der Waals surface area contributed by atoms with Gasteiger partial charge in [-0.2, -0.15) is 0 Å². The summed E-state index contributed by atoms with van der Waals surface area (Å²) in [4.78, 5) is 25.4. The van der Waals surface area contributed by atoms with E-state index in [1.165, 1.54) is 5.01 Å². The van der Waals surface area contributed by atoms with Crippen LogP contribution in [0.25, 0.3) is 0 Å². The van der Waals surface area contributed by atoms with Crippen molar-refractivity contribution in [2.24, 2.45) is 0 Å². The molecule has 2 saturated heterocycles. The molecule has 0 aromatic rings. The maximum atomic E-state index is 12.6. The second-order valence-electron chi connectivity index (χ2n) is 6.55. The van der Waals surface area contributed by atoms with E-state index < -0.39 is 11.7 Å². The molecule has 0 unspecified atom stereocenters. The van der Waals surface area contributed by atoms with Crippen molar-refractivity contribution < 1.29 is 19.4 Å². The highest BCUT2D eigenvalue weighted by atomic mass is 16.6. The Labute approximate surface area is 143 Å². The molecule has 2 fully saturated rings. The van der Waals surface area contributed by atoms with E-state index in [-0.39, 0.29) is 19.2 Å². The van der Waals surface area contributed by atoms with E-state index in [0.29, 0.717) is 32.5 Å². The first-order valence-electron chi connectivity index (χ1n) is 8.84. The van der Waals surface area contributed by atoms with Crippen molar-refractivity contribution in [3.63, 3.8) is 0 Å². The first-order chi connectivity index (χ1) is 11.5. The Kier molecular flexibility index (Phi) is 6.62. The Morgan fingerprint density at radius 1 is 1.38 bits per heavy atom. The summed E-state index contributed by atoms with van der Waals surface area (Å²) in [5.41, 5.74) is -0.638. The van der Waals surface area contributed by atoms with Crippen molar-refractivity contribution >= 4 is 12.1 Å². The van der Waals surface area contributed by atoms with Gasteiger partial charge >= 0.3 is 12.1 Å². The van der Waals surface area contributed by atoms with Crippen LogP contribution in [0, 0.1) is 0 Å². The number of ether oxygens (including phenoxy) is 1. The average Bonchev–Trinajstić information content (AvgIpc) is 2.99. The molecule has 2 aliphatic rings. The maximum Gasteiger partial charge on any atom is 0.418 e. The van der Waals surface area contributed by atoms with Crippen LogP contribution in [0.5, 0.6) is 0 Å². The zero-order valence-electron chi connectivity index (χ0n) is 14.6. The minimum atomic E-state index is -0.638. The molecule has 0 atom stereocenters. The highest BCUT2D eigenvalue weighted by molar-refractivity contribution is 5.91. The van der Waals surface area contributed by atoms with Crippen LogP contribution in [-0.2, 0) is 4.74 Å². The number of hydrogen-bond acceptors (Lipinski definition) is 5. The number of hydrogen-bond donors (Lipinski definition) is 1. The number of carbonyl (C=O) groups excluding carboxylic acids is 2. The van der Waals surface area contributed by atoms with Crippen LogP contribution in [0.3, 0.4) is 0 Å². The molecule has 1 N–H and O–H groups in total. The summed E-state index contributed by atoms with van der Waals surface area (Å²) >= 11 is 0. The molecule has 2 rings (SSSR count). The Hall–Kier alpha value is -1.60. The number of nitrogens with zero attached hydrogens (tertiary/aromatic N) is 3. The van der Waals surface area contributed by atoms with Gasteiger partial charge in [0.15, 0.2) is 0 Å². The maximum absolute atomic E-state index is 12.6. The van der Waals surface area contributed by atoms with Crippen molar-refractivity contribution in [2.75, 3.05) is 32.8 Å². The lowest BCUT2D eigenvalue weighted by atomic mass is 9.87. The van der Waals surface area contributed by atoms with Crippen molar-refractivity contribution in [1.29, 1.82) is 0 Å². The Bertz CT molecular complexity index is 461. The third kappa shape index (κ3) is 4.48. The summed E-state index contributed by atoms with van der Waals surface area (Å²) in [6, 6.07) is -0.381. The van der Waals surface area contributed by atoms with Gasteiger partial charge in [-0.25, -0.2) is 19.5 Å². The fraction of sp³-hybridized carbons (Fsp3) is 0.765.